The van der Waals surface area contributed by atoms with Crippen LogP contribution in [0, 0.1) is 0 Å². The third kappa shape index (κ3) is 6.50. The number of nitrogens with zero attached hydrogens (tertiary/aromatic N) is 1. The molecular weight excluding hydrogens is 420 g/mol. The number of esters is 2. The van der Waals surface area contributed by atoms with Crippen LogP contribution in [0.3, 0.4) is 0 Å². The number of fused-ring (bicyclic) bond motifs is 1. The fourth-order valence-electron chi connectivity index (χ4n) is 3.90. The topological polar surface area (TPSA) is 127 Å². The van der Waals surface area contributed by atoms with Crippen LogP contribution in [-0.4, -0.2) is 85.8 Å². The zero-order chi connectivity index (χ0) is 24.1. The number of carbonyl (C=O) groups excluding carboxylic acids is 3. The zero-order valence-corrected chi connectivity index (χ0v) is 19.7. The molecule has 3 saturated heterocycles. The molecule has 0 aromatic rings. The number of ether oxygens (including phenoxy) is 5. The van der Waals surface area contributed by atoms with Crippen LogP contribution in [0.4, 0.5) is 0 Å². The minimum atomic E-state index is -0.754. The van der Waals surface area contributed by atoms with Gasteiger partial charge in [0.1, 0.15) is 18.3 Å². The Balaban J connectivity index is 0.000000229. The summed E-state index contributed by atoms with van der Waals surface area (Å²) in [6, 6.07) is -0.458. The molecular formula is C22H36N2O8. The molecule has 10 nitrogen and oxygen atoms in total. The third-order valence-electron chi connectivity index (χ3n) is 5.46. The van der Waals surface area contributed by atoms with Crippen molar-refractivity contribution in [3.8, 4) is 0 Å². The summed E-state index contributed by atoms with van der Waals surface area (Å²) in [6.07, 6.45) is 3.31. The first-order valence-electron chi connectivity index (χ1n) is 10.9. The molecule has 0 aromatic carbocycles. The number of likely N-dealkylation sites (tertiary alicyclic amines) is 1. The van der Waals surface area contributed by atoms with E-state index in [0.717, 1.165) is 0 Å². The predicted octanol–water partition coefficient (Wildman–Crippen LogP) is 0.911. The number of amides is 1. The first kappa shape index (κ1) is 26.2. The second kappa shape index (κ2) is 11.2. The molecule has 0 radical (unpaired) electrons. The summed E-state index contributed by atoms with van der Waals surface area (Å²) in [5.74, 6) is -1.45. The van der Waals surface area contributed by atoms with Gasteiger partial charge in [0, 0.05) is 20.6 Å². The predicted molar refractivity (Wildman–Crippen MR) is 114 cm³/mol. The lowest BCUT2D eigenvalue weighted by atomic mass is 10.0. The molecule has 3 fully saturated rings. The number of carbonyl (C=O) groups is 3. The Hall–Kier alpha value is -2.01. The van der Waals surface area contributed by atoms with Crippen LogP contribution in [-0.2, 0) is 38.1 Å². The molecule has 3 heterocycles. The van der Waals surface area contributed by atoms with E-state index in [1.165, 1.54) is 12.0 Å². The van der Waals surface area contributed by atoms with Gasteiger partial charge in [0.2, 0.25) is 5.91 Å². The maximum Gasteiger partial charge on any atom is 0.338 e. The van der Waals surface area contributed by atoms with Gasteiger partial charge in [-0.3, -0.25) is 9.59 Å². The lowest BCUT2D eigenvalue weighted by Gasteiger charge is -2.41. The van der Waals surface area contributed by atoms with Gasteiger partial charge in [0.25, 0.3) is 0 Å². The van der Waals surface area contributed by atoms with E-state index in [-0.39, 0.29) is 24.1 Å². The van der Waals surface area contributed by atoms with Crippen LogP contribution < -0.4 is 5.73 Å². The molecule has 6 atom stereocenters. The molecule has 3 rings (SSSR count). The maximum atomic E-state index is 11.6. The molecule has 10 heteroatoms. The molecule has 182 valence electrons. The second-order valence-corrected chi connectivity index (χ2v) is 8.52. The van der Waals surface area contributed by atoms with E-state index in [1.807, 2.05) is 32.9 Å². The Kier molecular flexibility index (Phi) is 9.20. The molecule has 3 aliphatic rings. The van der Waals surface area contributed by atoms with E-state index in [0.29, 0.717) is 25.8 Å². The molecule has 0 aliphatic carbocycles. The number of likely N-dealkylation sites (N-methyl/N-ethyl adjacent to an activating group) is 1. The van der Waals surface area contributed by atoms with Crippen molar-refractivity contribution in [2.75, 3.05) is 20.7 Å². The number of methoxy groups -OCH3 is 1. The minimum Gasteiger partial charge on any atom is -0.460 e. The highest BCUT2D eigenvalue weighted by Crippen LogP contribution is 2.36. The largest absolute Gasteiger partial charge is 0.460 e. The summed E-state index contributed by atoms with van der Waals surface area (Å²) in [6.45, 7) is 7.72. The van der Waals surface area contributed by atoms with E-state index in [2.05, 4.69) is 0 Å². The van der Waals surface area contributed by atoms with Crippen LogP contribution in [0.1, 0.15) is 47.0 Å². The zero-order valence-electron chi connectivity index (χ0n) is 19.7. The van der Waals surface area contributed by atoms with Gasteiger partial charge in [-0.25, -0.2) is 4.79 Å². The van der Waals surface area contributed by atoms with Crippen LogP contribution in [0.2, 0.25) is 0 Å². The van der Waals surface area contributed by atoms with Gasteiger partial charge < -0.3 is 34.3 Å². The maximum absolute atomic E-state index is 11.6. The highest BCUT2D eigenvalue weighted by molar-refractivity contribution is 5.81. The normalized spacial score (nSPS) is 34.3. The molecule has 0 saturated carbocycles. The highest BCUT2D eigenvalue weighted by Gasteiger charge is 2.55. The van der Waals surface area contributed by atoms with Crippen molar-refractivity contribution in [3.63, 3.8) is 0 Å². The van der Waals surface area contributed by atoms with Crippen molar-refractivity contribution in [1.29, 1.82) is 0 Å². The number of hydrogen-bond acceptors (Lipinski definition) is 9. The summed E-state index contributed by atoms with van der Waals surface area (Å²) < 4.78 is 27.0. The fraction of sp³-hybridized carbons (Fsp3) is 0.773. The molecule has 6 unspecified atom stereocenters. The van der Waals surface area contributed by atoms with Gasteiger partial charge in [0.05, 0.1) is 12.6 Å². The molecule has 0 bridgehead atoms. The Morgan fingerprint density at radius 2 is 1.94 bits per heavy atom. The Labute approximate surface area is 189 Å². The smallest absolute Gasteiger partial charge is 0.338 e. The van der Waals surface area contributed by atoms with Crippen molar-refractivity contribution < 1.29 is 38.1 Å². The average molecular weight is 457 g/mol. The summed E-state index contributed by atoms with van der Waals surface area (Å²) in [4.78, 5) is 35.8. The van der Waals surface area contributed by atoms with Gasteiger partial charge in [-0.15, -0.1) is 0 Å². The van der Waals surface area contributed by atoms with Crippen LogP contribution in [0.5, 0.6) is 0 Å². The van der Waals surface area contributed by atoms with Crippen molar-refractivity contribution >= 4 is 17.8 Å². The SMILES string of the molecule is C/C=C/C1OC(C)(C)OC2C(OC)C(=O)OC12.CCC(=O)OC1CCC(N)C(=O)N(C)C1. The molecule has 2 N–H and O–H groups in total. The minimum absolute atomic E-state index is 0.0787. The van der Waals surface area contributed by atoms with Crippen molar-refractivity contribution in [2.24, 2.45) is 5.73 Å². The molecule has 32 heavy (non-hydrogen) atoms. The molecule has 0 spiro atoms. The second-order valence-electron chi connectivity index (χ2n) is 8.52. The fourth-order valence-corrected chi connectivity index (χ4v) is 3.90. The van der Waals surface area contributed by atoms with Crippen LogP contribution in [0.25, 0.3) is 0 Å². The molecule has 0 aromatic heterocycles. The van der Waals surface area contributed by atoms with E-state index < -0.39 is 36.1 Å². The van der Waals surface area contributed by atoms with Crippen molar-refractivity contribution in [2.45, 2.75) is 89.3 Å². The Bertz CT molecular complexity index is 710. The lowest BCUT2D eigenvalue weighted by molar-refractivity contribution is -0.318. The summed E-state index contributed by atoms with van der Waals surface area (Å²) in [5, 5.41) is 0. The van der Waals surface area contributed by atoms with Crippen molar-refractivity contribution in [1.82, 2.24) is 4.90 Å². The van der Waals surface area contributed by atoms with E-state index in [1.54, 1.807) is 14.0 Å². The quantitative estimate of drug-likeness (QED) is 0.485. The van der Waals surface area contributed by atoms with Crippen molar-refractivity contribution in [3.05, 3.63) is 12.2 Å². The van der Waals surface area contributed by atoms with Crippen LogP contribution in [0.15, 0.2) is 12.2 Å². The summed E-state index contributed by atoms with van der Waals surface area (Å²) in [7, 11) is 3.16. The standard InChI is InChI=1S/C12H18O5.C10H18N2O3/c1-5-6-7-8-9(17-12(2,3)16-7)10(14-4)11(13)15-8;1-3-9(13)15-7-4-5-8(11)10(14)12(2)6-7/h5-10H,1-4H3;7-8H,3-6,11H2,1-2H3/b6-5+;. The first-order valence-corrected chi connectivity index (χ1v) is 10.9. The summed E-state index contributed by atoms with van der Waals surface area (Å²) in [5.41, 5.74) is 5.66. The Morgan fingerprint density at radius 3 is 2.53 bits per heavy atom. The first-order chi connectivity index (χ1) is 15.0. The number of allylic oxidation sites excluding steroid dienone is 1. The number of hydrogen-bond donors (Lipinski definition) is 1. The Morgan fingerprint density at radius 1 is 1.25 bits per heavy atom. The highest BCUT2D eigenvalue weighted by atomic mass is 16.8. The number of rotatable bonds is 4. The van der Waals surface area contributed by atoms with Crippen LogP contribution >= 0.6 is 0 Å². The summed E-state index contributed by atoms with van der Waals surface area (Å²) >= 11 is 0. The van der Waals surface area contributed by atoms with E-state index >= 15 is 0 Å². The van der Waals surface area contributed by atoms with Gasteiger partial charge in [-0.05, 0) is 33.6 Å². The lowest BCUT2D eigenvalue weighted by Crippen LogP contribution is -2.54. The van der Waals surface area contributed by atoms with E-state index in [4.69, 9.17) is 29.4 Å². The van der Waals surface area contributed by atoms with Gasteiger partial charge in [-0.2, -0.15) is 0 Å². The molecule has 1 amide bonds. The van der Waals surface area contributed by atoms with Gasteiger partial charge in [-0.1, -0.05) is 19.1 Å². The van der Waals surface area contributed by atoms with E-state index in [9.17, 15) is 14.4 Å². The molecule has 3 aliphatic heterocycles. The van der Waals surface area contributed by atoms with Gasteiger partial charge >= 0.3 is 11.9 Å². The average Bonchev–Trinajstić information content (AvgIpc) is 2.99. The van der Waals surface area contributed by atoms with Gasteiger partial charge in [0.15, 0.2) is 18.0 Å². The monoisotopic (exact) mass is 456 g/mol. The number of nitrogens with two attached hydrogens (primary N) is 1. The third-order valence-corrected chi connectivity index (χ3v) is 5.46.